The molecule has 1 aromatic carbocycles. The van der Waals surface area contributed by atoms with Gasteiger partial charge in [0.1, 0.15) is 0 Å². The number of carbonyl (C=O) groups is 1. The van der Waals surface area contributed by atoms with Crippen molar-refractivity contribution in [2.45, 2.75) is 39.0 Å². The van der Waals surface area contributed by atoms with Gasteiger partial charge in [0.25, 0.3) is 0 Å². The van der Waals surface area contributed by atoms with Gasteiger partial charge in [0.15, 0.2) is 0 Å². The van der Waals surface area contributed by atoms with Crippen LogP contribution in [0.15, 0.2) is 30.3 Å². The van der Waals surface area contributed by atoms with Gasteiger partial charge in [0.2, 0.25) is 0 Å². The van der Waals surface area contributed by atoms with Crippen molar-refractivity contribution in [1.29, 1.82) is 0 Å². The van der Waals surface area contributed by atoms with Crippen LogP contribution >= 0.6 is 0 Å². The molecule has 0 saturated heterocycles. The van der Waals surface area contributed by atoms with Gasteiger partial charge >= 0.3 is 5.97 Å². The normalized spacial score (nSPS) is 10.2. The summed E-state index contributed by atoms with van der Waals surface area (Å²) < 4.78 is 0. The molecule has 0 heterocycles. The van der Waals surface area contributed by atoms with Gasteiger partial charge in [0, 0.05) is 0 Å². The minimum absolute atomic E-state index is 0.431. The minimum Gasteiger partial charge on any atom is -0.293 e. The van der Waals surface area contributed by atoms with E-state index < -0.39 is 5.97 Å². The molecule has 0 aliphatic carbocycles. The van der Waals surface area contributed by atoms with Gasteiger partial charge in [-0.25, -0.2) is 4.79 Å². The maximum atomic E-state index is 11.4. The van der Waals surface area contributed by atoms with E-state index in [1.165, 1.54) is 19.3 Å². The molecule has 94 valence electrons. The minimum atomic E-state index is -0.431. The van der Waals surface area contributed by atoms with Crippen molar-refractivity contribution in [2.24, 2.45) is 0 Å². The highest BCUT2D eigenvalue weighted by Gasteiger charge is 2.06. The van der Waals surface area contributed by atoms with Crippen molar-refractivity contribution in [3.8, 4) is 0 Å². The summed E-state index contributed by atoms with van der Waals surface area (Å²) in [6, 6.07) is 8.84. The molecule has 0 saturated carbocycles. The van der Waals surface area contributed by atoms with Crippen LogP contribution in [0.5, 0.6) is 0 Å². The molecule has 3 nitrogen and oxygen atoms in total. The van der Waals surface area contributed by atoms with E-state index in [9.17, 15) is 4.79 Å². The molecule has 0 amide bonds. The van der Waals surface area contributed by atoms with Crippen LogP contribution in [0.2, 0.25) is 0 Å². The average Bonchev–Trinajstić information content (AvgIpc) is 2.38. The SMILES string of the molecule is CCCCCCCOOC(=O)c1ccccc1. The van der Waals surface area contributed by atoms with E-state index in [2.05, 4.69) is 6.92 Å². The van der Waals surface area contributed by atoms with E-state index in [1.54, 1.807) is 24.3 Å². The van der Waals surface area contributed by atoms with Gasteiger partial charge in [-0.15, -0.1) is 0 Å². The molecule has 1 aromatic rings. The average molecular weight is 236 g/mol. The maximum absolute atomic E-state index is 11.4. The second-order valence-corrected chi connectivity index (χ2v) is 3.97. The summed E-state index contributed by atoms with van der Waals surface area (Å²) in [7, 11) is 0. The van der Waals surface area contributed by atoms with Gasteiger partial charge in [-0.05, 0) is 18.6 Å². The quantitative estimate of drug-likeness (QED) is 0.392. The lowest BCUT2D eigenvalue weighted by Gasteiger charge is -2.03. The zero-order valence-corrected chi connectivity index (χ0v) is 10.4. The summed E-state index contributed by atoms with van der Waals surface area (Å²) in [5.41, 5.74) is 0.512. The van der Waals surface area contributed by atoms with Crippen LogP contribution in [0.25, 0.3) is 0 Å². The van der Waals surface area contributed by atoms with Crippen LogP contribution < -0.4 is 0 Å². The van der Waals surface area contributed by atoms with E-state index in [-0.39, 0.29) is 0 Å². The Kier molecular flexibility index (Phi) is 7.07. The van der Waals surface area contributed by atoms with Crippen LogP contribution in [0.3, 0.4) is 0 Å². The highest BCUT2D eigenvalue weighted by Crippen LogP contribution is 2.04. The third-order valence-electron chi connectivity index (χ3n) is 2.48. The predicted octanol–water partition coefficient (Wildman–Crippen LogP) is 3.75. The van der Waals surface area contributed by atoms with Crippen LogP contribution in [-0.2, 0) is 9.78 Å². The summed E-state index contributed by atoms with van der Waals surface area (Å²) in [5, 5.41) is 0. The number of unbranched alkanes of at least 4 members (excludes halogenated alkanes) is 4. The topological polar surface area (TPSA) is 35.5 Å². The molecule has 0 spiro atoms. The van der Waals surface area contributed by atoms with E-state index in [1.807, 2.05) is 6.07 Å². The Morgan fingerprint density at radius 2 is 1.76 bits per heavy atom. The smallest absolute Gasteiger partial charge is 0.293 e. The van der Waals surface area contributed by atoms with Gasteiger partial charge < -0.3 is 0 Å². The zero-order valence-electron chi connectivity index (χ0n) is 10.4. The number of rotatable bonds is 8. The molecule has 0 aromatic heterocycles. The Morgan fingerprint density at radius 3 is 2.47 bits per heavy atom. The standard InChI is InChI=1S/C14H20O3/c1-2-3-4-5-9-12-16-17-14(15)13-10-7-6-8-11-13/h6-8,10-11H,2-5,9,12H2,1H3. The number of carbonyl (C=O) groups excluding carboxylic acids is 1. The second-order valence-electron chi connectivity index (χ2n) is 3.97. The Bertz CT molecular complexity index is 309. The predicted molar refractivity (Wildman–Crippen MR) is 66.6 cm³/mol. The molecule has 0 aliphatic heterocycles. The lowest BCUT2D eigenvalue weighted by molar-refractivity contribution is -0.241. The fourth-order valence-corrected chi connectivity index (χ4v) is 1.48. The third kappa shape index (κ3) is 6.07. The first kappa shape index (κ1) is 13.7. The molecule has 0 fully saturated rings. The van der Waals surface area contributed by atoms with E-state index >= 15 is 0 Å². The van der Waals surface area contributed by atoms with Crippen molar-refractivity contribution in [3.63, 3.8) is 0 Å². The Hall–Kier alpha value is -1.35. The first-order chi connectivity index (χ1) is 8.34. The fourth-order valence-electron chi connectivity index (χ4n) is 1.48. The third-order valence-corrected chi connectivity index (χ3v) is 2.48. The first-order valence-electron chi connectivity index (χ1n) is 6.23. The molecular formula is C14H20O3. The fraction of sp³-hybridized carbons (Fsp3) is 0.500. The van der Waals surface area contributed by atoms with Crippen LogP contribution in [-0.4, -0.2) is 12.6 Å². The van der Waals surface area contributed by atoms with Crippen LogP contribution in [0, 0.1) is 0 Å². The van der Waals surface area contributed by atoms with Crippen LogP contribution in [0.4, 0.5) is 0 Å². The van der Waals surface area contributed by atoms with Gasteiger partial charge in [-0.2, -0.15) is 4.89 Å². The summed E-state index contributed by atoms with van der Waals surface area (Å²) in [4.78, 5) is 21.0. The van der Waals surface area contributed by atoms with Crippen molar-refractivity contribution in [2.75, 3.05) is 6.61 Å². The maximum Gasteiger partial charge on any atom is 0.373 e. The van der Waals surface area contributed by atoms with E-state index in [4.69, 9.17) is 9.78 Å². The van der Waals surface area contributed by atoms with Gasteiger partial charge in [0.05, 0.1) is 12.2 Å². The Balaban J connectivity index is 2.05. The van der Waals surface area contributed by atoms with Crippen molar-refractivity contribution in [1.82, 2.24) is 0 Å². The molecular weight excluding hydrogens is 216 g/mol. The molecule has 0 radical (unpaired) electrons. The molecule has 17 heavy (non-hydrogen) atoms. The first-order valence-corrected chi connectivity index (χ1v) is 6.23. The zero-order chi connectivity index (χ0) is 12.3. The number of benzene rings is 1. The highest BCUT2D eigenvalue weighted by atomic mass is 17.2. The number of hydrogen-bond acceptors (Lipinski definition) is 3. The summed E-state index contributed by atoms with van der Waals surface area (Å²) >= 11 is 0. The van der Waals surface area contributed by atoms with E-state index in [0.29, 0.717) is 12.2 Å². The van der Waals surface area contributed by atoms with Gasteiger partial charge in [-0.1, -0.05) is 50.8 Å². The van der Waals surface area contributed by atoms with Crippen molar-refractivity contribution < 1.29 is 14.6 Å². The van der Waals surface area contributed by atoms with Crippen LogP contribution in [0.1, 0.15) is 49.4 Å². The molecule has 1 rings (SSSR count). The lowest BCUT2D eigenvalue weighted by atomic mass is 10.2. The van der Waals surface area contributed by atoms with Gasteiger partial charge in [-0.3, -0.25) is 4.89 Å². The second kappa shape index (κ2) is 8.76. The largest absolute Gasteiger partial charge is 0.373 e. The monoisotopic (exact) mass is 236 g/mol. The number of hydrogen-bond donors (Lipinski definition) is 0. The highest BCUT2D eigenvalue weighted by molar-refractivity contribution is 5.88. The molecule has 0 bridgehead atoms. The molecule has 0 atom stereocenters. The van der Waals surface area contributed by atoms with Crippen molar-refractivity contribution >= 4 is 5.97 Å². The van der Waals surface area contributed by atoms with Crippen molar-refractivity contribution in [3.05, 3.63) is 35.9 Å². The lowest BCUT2D eigenvalue weighted by Crippen LogP contribution is -2.06. The summed E-state index contributed by atoms with van der Waals surface area (Å²) in [6.07, 6.45) is 5.75. The summed E-state index contributed by atoms with van der Waals surface area (Å²) in [6.45, 7) is 2.65. The molecule has 3 heteroatoms. The van der Waals surface area contributed by atoms with E-state index in [0.717, 1.165) is 12.8 Å². The Morgan fingerprint density at radius 1 is 1.06 bits per heavy atom. The molecule has 0 N–H and O–H groups in total. The Labute approximate surface area is 103 Å². The molecule has 0 aliphatic rings. The summed E-state index contributed by atoms with van der Waals surface area (Å²) in [5.74, 6) is -0.431. The molecule has 0 unspecified atom stereocenters.